The van der Waals surface area contributed by atoms with Crippen molar-refractivity contribution < 1.29 is 14.1 Å². The predicted octanol–water partition coefficient (Wildman–Crippen LogP) is 5.32. The molecule has 2 heterocycles. The first-order valence-electron chi connectivity index (χ1n) is 11.7. The summed E-state index contributed by atoms with van der Waals surface area (Å²) in [6.45, 7) is 6.53. The summed E-state index contributed by atoms with van der Waals surface area (Å²) in [4.78, 5) is 17.6. The van der Waals surface area contributed by atoms with Crippen LogP contribution in [0.5, 0.6) is 0 Å². The molecular weight excluding hydrogens is 414 g/mol. The number of anilines is 1. The van der Waals surface area contributed by atoms with E-state index in [2.05, 4.69) is 17.0 Å². The first kappa shape index (κ1) is 23.1. The van der Waals surface area contributed by atoms with Crippen LogP contribution >= 0.6 is 0 Å². The summed E-state index contributed by atoms with van der Waals surface area (Å²) in [6.07, 6.45) is 3.47. The molecule has 1 unspecified atom stereocenters. The van der Waals surface area contributed by atoms with Crippen molar-refractivity contribution in [1.29, 1.82) is 0 Å². The van der Waals surface area contributed by atoms with Crippen LogP contribution in [0.4, 0.5) is 5.88 Å². The molecule has 0 saturated carbocycles. The second kappa shape index (κ2) is 10.7. The zero-order valence-electron chi connectivity index (χ0n) is 19.8. The molecule has 0 aliphatic carbocycles. The molecule has 174 valence electrons. The number of carbonyl (C=O) groups is 1. The average molecular weight is 448 g/mol. The molecule has 0 spiro atoms. The van der Waals surface area contributed by atoms with Crippen LogP contribution in [0.25, 0.3) is 11.3 Å². The van der Waals surface area contributed by atoms with Gasteiger partial charge in [0.15, 0.2) is 0 Å². The number of nitrogens with zero attached hydrogens (tertiary/aromatic N) is 3. The van der Waals surface area contributed by atoms with Crippen LogP contribution in [-0.4, -0.2) is 48.8 Å². The molecule has 6 heteroatoms. The van der Waals surface area contributed by atoms with E-state index in [0.717, 1.165) is 47.7 Å². The molecule has 0 radical (unpaired) electrons. The fourth-order valence-electron chi connectivity index (χ4n) is 4.41. The van der Waals surface area contributed by atoms with Crippen molar-refractivity contribution in [3.63, 3.8) is 0 Å². The standard InChI is InChI=1S/C27H33N3O3/c1-20-12-14-23(15-13-20)26(31)29(17-18-32-3)19-24-25(22-10-5-4-6-11-22)28-33-27(24)30-16-8-7-9-21(30)2/h4-6,10-15,21H,7-9,16-19H2,1-3H3. The van der Waals surface area contributed by atoms with E-state index in [1.165, 1.54) is 6.42 Å². The molecule has 2 aromatic carbocycles. The highest BCUT2D eigenvalue weighted by Gasteiger charge is 2.30. The summed E-state index contributed by atoms with van der Waals surface area (Å²) in [7, 11) is 1.66. The van der Waals surface area contributed by atoms with Gasteiger partial charge in [0.2, 0.25) is 5.88 Å². The van der Waals surface area contributed by atoms with E-state index < -0.39 is 0 Å². The SMILES string of the molecule is COCCN(Cc1c(-c2ccccc2)noc1N1CCCCC1C)C(=O)c1ccc(C)cc1. The van der Waals surface area contributed by atoms with Crippen molar-refractivity contribution in [2.24, 2.45) is 0 Å². The highest BCUT2D eigenvalue weighted by molar-refractivity contribution is 5.94. The lowest BCUT2D eigenvalue weighted by atomic mass is 10.0. The van der Waals surface area contributed by atoms with Gasteiger partial charge in [0.05, 0.1) is 18.7 Å². The number of aryl methyl sites for hydroxylation is 1. The lowest BCUT2D eigenvalue weighted by Crippen LogP contribution is -2.39. The molecule has 1 saturated heterocycles. The van der Waals surface area contributed by atoms with Gasteiger partial charge in [-0.25, -0.2) is 0 Å². The summed E-state index contributed by atoms with van der Waals surface area (Å²) < 4.78 is 11.3. The molecule has 1 aliphatic heterocycles. The minimum Gasteiger partial charge on any atom is -0.383 e. The van der Waals surface area contributed by atoms with E-state index in [-0.39, 0.29) is 5.91 Å². The van der Waals surface area contributed by atoms with Crippen LogP contribution in [0.15, 0.2) is 59.1 Å². The zero-order valence-corrected chi connectivity index (χ0v) is 19.8. The maximum Gasteiger partial charge on any atom is 0.254 e. The Morgan fingerprint density at radius 3 is 2.61 bits per heavy atom. The third-order valence-corrected chi connectivity index (χ3v) is 6.38. The molecular formula is C27H33N3O3. The Morgan fingerprint density at radius 2 is 1.91 bits per heavy atom. The van der Waals surface area contributed by atoms with Crippen LogP contribution in [-0.2, 0) is 11.3 Å². The Bertz CT molecular complexity index is 1050. The number of benzene rings is 2. The highest BCUT2D eigenvalue weighted by atomic mass is 16.5. The van der Waals surface area contributed by atoms with Gasteiger partial charge in [0, 0.05) is 37.4 Å². The van der Waals surface area contributed by atoms with Gasteiger partial charge in [0.25, 0.3) is 5.91 Å². The predicted molar refractivity (Wildman–Crippen MR) is 130 cm³/mol. The van der Waals surface area contributed by atoms with Crippen LogP contribution in [0.1, 0.15) is 47.7 Å². The number of methoxy groups -OCH3 is 1. The lowest BCUT2D eigenvalue weighted by molar-refractivity contribution is 0.0680. The number of carbonyl (C=O) groups excluding carboxylic acids is 1. The highest BCUT2D eigenvalue weighted by Crippen LogP contribution is 2.35. The molecule has 1 aromatic heterocycles. The third-order valence-electron chi connectivity index (χ3n) is 6.38. The van der Waals surface area contributed by atoms with Gasteiger partial charge < -0.3 is 19.1 Å². The largest absolute Gasteiger partial charge is 0.383 e. The number of piperidine rings is 1. The van der Waals surface area contributed by atoms with Crippen LogP contribution in [0.2, 0.25) is 0 Å². The van der Waals surface area contributed by atoms with Crippen LogP contribution in [0, 0.1) is 6.92 Å². The second-order valence-electron chi connectivity index (χ2n) is 8.80. The molecule has 3 aromatic rings. The molecule has 1 atom stereocenters. The Labute approximate surface area is 196 Å². The van der Waals surface area contributed by atoms with Crippen molar-refractivity contribution in [2.75, 3.05) is 31.7 Å². The van der Waals surface area contributed by atoms with E-state index in [4.69, 9.17) is 9.26 Å². The Balaban J connectivity index is 1.72. The molecule has 1 aliphatic rings. The second-order valence-corrected chi connectivity index (χ2v) is 8.80. The van der Waals surface area contributed by atoms with Gasteiger partial charge in [-0.15, -0.1) is 0 Å². The van der Waals surface area contributed by atoms with Gasteiger partial charge in [-0.3, -0.25) is 4.79 Å². The van der Waals surface area contributed by atoms with E-state index in [1.54, 1.807) is 7.11 Å². The monoisotopic (exact) mass is 447 g/mol. The molecule has 0 N–H and O–H groups in total. The maximum atomic E-state index is 13.5. The average Bonchev–Trinajstić information content (AvgIpc) is 3.26. The van der Waals surface area contributed by atoms with Crippen molar-refractivity contribution >= 4 is 11.8 Å². The number of aromatic nitrogens is 1. The van der Waals surface area contributed by atoms with E-state index in [1.807, 2.05) is 66.4 Å². The minimum atomic E-state index is -0.0232. The van der Waals surface area contributed by atoms with Crippen molar-refractivity contribution in [1.82, 2.24) is 10.1 Å². The van der Waals surface area contributed by atoms with E-state index in [9.17, 15) is 4.79 Å². The van der Waals surface area contributed by atoms with Gasteiger partial charge >= 0.3 is 0 Å². The van der Waals surface area contributed by atoms with Gasteiger partial charge in [0.1, 0.15) is 5.69 Å². The van der Waals surface area contributed by atoms with E-state index in [0.29, 0.717) is 31.3 Å². The smallest absolute Gasteiger partial charge is 0.254 e. The Kier molecular flexibility index (Phi) is 7.45. The molecule has 0 bridgehead atoms. The minimum absolute atomic E-state index is 0.0232. The molecule has 4 rings (SSSR count). The molecule has 6 nitrogen and oxygen atoms in total. The van der Waals surface area contributed by atoms with Crippen molar-refractivity contribution in [3.8, 4) is 11.3 Å². The molecule has 1 amide bonds. The normalized spacial score (nSPS) is 16.1. The third kappa shape index (κ3) is 5.28. The topological polar surface area (TPSA) is 58.8 Å². The number of amides is 1. The quantitative estimate of drug-likeness (QED) is 0.468. The first-order chi connectivity index (χ1) is 16.1. The Morgan fingerprint density at radius 1 is 1.15 bits per heavy atom. The van der Waals surface area contributed by atoms with Crippen molar-refractivity contribution in [2.45, 2.75) is 45.7 Å². The summed E-state index contributed by atoms with van der Waals surface area (Å²) in [5.41, 5.74) is 4.53. The van der Waals surface area contributed by atoms with Gasteiger partial charge in [-0.2, -0.15) is 0 Å². The maximum absolute atomic E-state index is 13.5. The lowest BCUT2D eigenvalue weighted by Gasteiger charge is -2.34. The van der Waals surface area contributed by atoms with Crippen LogP contribution < -0.4 is 4.90 Å². The Hall–Kier alpha value is -3.12. The summed E-state index contributed by atoms with van der Waals surface area (Å²) >= 11 is 0. The number of rotatable bonds is 8. The fraction of sp³-hybridized carbons (Fsp3) is 0.407. The van der Waals surface area contributed by atoms with Crippen LogP contribution in [0.3, 0.4) is 0 Å². The number of hydrogen-bond donors (Lipinski definition) is 0. The number of ether oxygens (including phenoxy) is 1. The summed E-state index contributed by atoms with van der Waals surface area (Å²) in [5, 5.41) is 4.49. The molecule has 1 fully saturated rings. The first-order valence-corrected chi connectivity index (χ1v) is 11.7. The van der Waals surface area contributed by atoms with Gasteiger partial charge in [-0.1, -0.05) is 53.2 Å². The number of hydrogen-bond acceptors (Lipinski definition) is 5. The van der Waals surface area contributed by atoms with Gasteiger partial charge in [-0.05, 0) is 45.2 Å². The van der Waals surface area contributed by atoms with E-state index >= 15 is 0 Å². The molecule has 33 heavy (non-hydrogen) atoms. The summed E-state index contributed by atoms with van der Waals surface area (Å²) in [6, 6.07) is 18.1. The fourth-order valence-corrected chi connectivity index (χ4v) is 4.41. The summed E-state index contributed by atoms with van der Waals surface area (Å²) in [5.74, 6) is 0.755. The zero-order chi connectivity index (χ0) is 23.2. The van der Waals surface area contributed by atoms with Crippen molar-refractivity contribution in [3.05, 3.63) is 71.3 Å².